The standard InChI is InChI=1S/C24H26O2/c1-4-24(25,23-16-18(2)10-11-19(23)3)21-12-14-22(15-13-21)26-17-20-8-6-5-7-9-20/h5-16,25H,4,17H2,1-3H3. The Morgan fingerprint density at radius 1 is 0.885 bits per heavy atom. The van der Waals surface area contributed by atoms with E-state index in [1.807, 2.05) is 68.4 Å². The first-order chi connectivity index (χ1) is 12.5. The molecule has 3 rings (SSSR count). The Hall–Kier alpha value is -2.58. The van der Waals surface area contributed by atoms with Gasteiger partial charge in [0.25, 0.3) is 0 Å². The molecule has 0 aromatic heterocycles. The number of aryl methyl sites for hydroxylation is 2. The van der Waals surface area contributed by atoms with E-state index in [4.69, 9.17) is 4.74 Å². The molecule has 0 radical (unpaired) electrons. The minimum Gasteiger partial charge on any atom is -0.489 e. The fourth-order valence-electron chi connectivity index (χ4n) is 3.30. The third-order valence-corrected chi connectivity index (χ3v) is 4.93. The molecule has 0 spiro atoms. The van der Waals surface area contributed by atoms with E-state index < -0.39 is 5.60 Å². The molecule has 134 valence electrons. The van der Waals surface area contributed by atoms with Crippen LogP contribution in [0.3, 0.4) is 0 Å². The second-order valence-electron chi connectivity index (χ2n) is 6.83. The molecule has 1 N–H and O–H groups in total. The quantitative estimate of drug-likeness (QED) is 0.636. The number of hydrogen-bond acceptors (Lipinski definition) is 2. The molecule has 0 saturated heterocycles. The summed E-state index contributed by atoms with van der Waals surface area (Å²) in [7, 11) is 0. The van der Waals surface area contributed by atoms with Crippen molar-refractivity contribution in [3.8, 4) is 5.75 Å². The monoisotopic (exact) mass is 346 g/mol. The zero-order valence-electron chi connectivity index (χ0n) is 15.7. The fraction of sp³-hybridized carbons (Fsp3) is 0.250. The highest BCUT2D eigenvalue weighted by molar-refractivity contribution is 5.43. The van der Waals surface area contributed by atoms with Crippen LogP contribution >= 0.6 is 0 Å². The van der Waals surface area contributed by atoms with Crippen molar-refractivity contribution >= 4 is 0 Å². The molecule has 0 aliphatic heterocycles. The third-order valence-electron chi connectivity index (χ3n) is 4.93. The summed E-state index contributed by atoms with van der Waals surface area (Å²) >= 11 is 0. The van der Waals surface area contributed by atoms with Gasteiger partial charge in [-0.3, -0.25) is 0 Å². The van der Waals surface area contributed by atoms with Crippen molar-refractivity contribution in [3.05, 3.63) is 101 Å². The third kappa shape index (κ3) is 3.81. The van der Waals surface area contributed by atoms with Crippen LogP contribution in [0.5, 0.6) is 5.75 Å². The topological polar surface area (TPSA) is 29.5 Å². The number of rotatable bonds is 6. The second-order valence-corrected chi connectivity index (χ2v) is 6.83. The van der Waals surface area contributed by atoms with Crippen LogP contribution in [0.15, 0.2) is 72.8 Å². The molecule has 3 aromatic rings. The minimum absolute atomic E-state index is 0.537. The van der Waals surface area contributed by atoms with Gasteiger partial charge in [0.1, 0.15) is 18.0 Å². The molecule has 0 bridgehead atoms. The summed E-state index contributed by atoms with van der Waals surface area (Å²) in [5.41, 5.74) is 4.26. The highest BCUT2D eigenvalue weighted by Crippen LogP contribution is 2.36. The van der Waals surface area contributed by atoms with E-state index >= 15 is 0 Å². The molecular weight excluding hydrogens is 320 g/mol. The normalized spacial score (nSPS) is 13.2. The van der Waals surface area contributed by atoms with E-state index in [2.05, 4.69) is 25.1 Å². The maximum absolute atomic E-state index is 11.4. The molecule has 26 heavy (non-hydrogen) atoms. The van der Waals surface area contributed by atoms with Crippen molar-refractivity contribution in [1.82, 2.24) is 0 Å². The van der Waals surface area contributed by atoms with Gasteiger partial charge in [-0.1, -0.05) is 73.2 Å². The summed E-state index contributed by atoms with van der Waals surface area (Å²) in [6.07, 6.45) is 0.613. The number of hydrogen-bond donors (Lipinski definition) is 1. The lowest BCUT2D eigenvalue weighted by molar-refractivity contribution is 0.0757. The lowest BCUT2D eigenvalue weighted by atomic mass is 9.81. The molecule has 0 fully saturated rings. The van der Waals surface area contributed by atoms with Gasteiger partial charge in [0.05, 0.1) is 0 Å². The Morgan fingerprint density at radius 3 is 2.23 bits per heavy atom. The van der Waals surface area contributed by atoms with Gasteiger partial charge in [0.2, 0.25) is 0 Å². The Balaban J connectivity index is 1.82. The molecule has 0 heterocycles. The van der Waals surface area contributed by atoms with E-state index in [1.165, 1.54) is 0 Å². The lowest BCUT2D eigenvalue weighted by Crippen LogP contribution is -2.27. The lowest BCUT2D eigenvalue weighted by Gasteiger charge is -2.30. The van der Waals surface area contributed by atoms with Crippen LogP contribution in [0.25, 0.3) is 0 Å². The first-order valence-corrected chi connectivity index (χ1v) is 9.10. The Bertz CT molecular complexity index is 853. The summed E-state index contributed by atoms with van der Waals surface area (Å²) < 4.78 is 5.86. The van der Waals surface area contributed by atoms with Crippen LogP contribution in [0, 0.1) is 13.8 Å². The van der Waals surface area contributed by atoms with Crippen LogP contribution in [0.2, 0.25) is 0 Å². The molecule has 0 saturated carbocycles. The summed E-state index contributed by atoms with van der Waals surface area (Å²) in [5.74, 6) is 0.803. The van der Waals surface area contributed by atoms with Crippen molar-refractivity contribution in [1.29, 1.82) is 0 Å². The second kappa shape index (κ2) is 7.76. The number of aliphatic hydroxyl groups is 1. The van der Waals surface area contributed by atoms with E-state index in [0.29, 0.717) is 13.0 Å². The highest BCUT2D eigenvalue weighted by atomic mass is 16.5. The highest BCUT2D eigenvalue weighted by Gasteiger charge is 2.31. The average Bonchev–Trinajstić information content (AvgIpc) is 2.69. The molecular formula is C24H26O2. The van der Waals surface area contributed by atoms with Crippen molar-refractivity contribution in [2.24, 2.45) is 0 Å². The van der Waals surface area contributed by atoms with Crippen molar-refractivity contribution in [2.45, 2.75) is 39.4 Å². The first kappa shape index (κ1) is 18.2. The molecule has 2 heteroatoms. The maximum Gasteiger partial charge on any atom is 0.119 e. The number of ether oxygens (including phenoxy) is 1. The predicted molar refractivity (Wildman–Crippen MR) is 106 cm³/mol. The zero-order chi connectivity index (χ0) is 18.6. The fourth-order valence-corrected chi connectivity index (χ4v) is 3.30. The number of benzene rings is 3. The van der Waals surface area contributed by atoms with E-state index in [9.17, 15) is 5.11 Å². The van der Waals surface area contributed by atoms with Gasteiger partial charge in [-0.2, -0.15) is 0 Å². The van der Waals surface area contributed by atoms with Gasteiger partial charge in [-0.15, -0.1) is 0 Å². The van der Waals surface area contributed by atoms with Gasteiger partial charge in [0.15, 0.2) is 0 Å². The van der Waals surface area contributed by atoms with Crippen LogP contribution in [0.4, 0.5) is 0 Å². The van der Waals surface area contributed by atoms with Crippen molar-refractivity contribution < 1.29 is 9.84 Å². The molecule has 0 aliphatic rings. The van der Waals surface area contributed by atoms with Crippen LogP contribution in [-0.2, 0) is 12.2 Å². The van der Waals surface area contributed by atoms with E-state index in [-0.39, 0.29) is 0 Å². The molecule has 0 amide bonds. The van der Waals surface area contributed by atoms with Gasteiger partial charge in [-0.25, -0.2) is 0 Å². The maximum atomic E-state index is 11.4. The smallest absolute Gasteiger partial charge is 0.119 e. The molecule has 1 unspecified atom stereocenters. The summed E-state index contributed by atoms with van der Waals surface area (Å²) in [5, 5.41) is 11.4. The average molecular weight is 346 g/mol. The van der Waals surface area contributed by atoms with Crippen LogP contribution in [0.1, 0.15) is 41.2 Å². The molecule has 3 aromatic carbocycles. The Morgan fingerprint density at radius 2 is 1.58 bits per heavy atom. The summed E-state index contributed by atoms with van der Waals surface area (Å²) in [6, 6.07) is 24.1. The van der Waals surface area contributed by atoms with Gasteiger partial charge in [0, 0.05) is 0 Å². The van der Waals surface area contributed by atoms with Gasteiger partial charge < -0.3 is 9.84 Å². The Kier molecular flexibility index (Phi) is 5.43. The molecule has 1 atom stereocenters. The van der Waals surface area contributed by atoms with Crippen molar-refractivity contribution in [3.63, 3.8) is 0 Å². The first-order valence-electron chi connectivity index (χ1n) is 9.10. The predicted octanol–water partition coefficient (Wildman–Crippen LogP) is 5.53. The SMILES string of the molecule is CCC(O)(c1ccc(OCc2ccccc2)cc1)c1cc(C)ccc1C. The van der Waals surface area contributed by atoms with Crippen LogP contribution < -0.4 is 4.74 Å². The van der Waals surface area contributed by atoms with E-state index in [0.717, 1.165) is 33.6 Å². The zero-order valence-corrected chi connectivity index (χ0v) is 15.7. The van der Waals surface area contributed by atoms with Gasteiger partial charge >= 0.3 is 0 Å². The molecule has 0 aliphatic carbocycles. The largest absolute Gasteiger partial charge is 0.489 e. The summed E-state index contributed by atoms with van der Waals surface area (Å²) in [4.78, 5) is 0. The van der Waals surface area contributed by atoms with Gasteiger partial charge in [-0.05, 0) is 54.7 Å². The Labute approximate surface area is 156 Å². The minimum atomic E-state index is -0.992. The molecule has 2 nitrogen and oxygen atoms in total. The summed E-state index contributed by atoms with van der Waals surface area (Å²) in [6.45, 7) is 6.66. The van der Waals surface area contributed by atoms with Crippen LogP contribution in [-0.4, -0.2) is 5.11 Å². The van der Waals surface area contributed by atoms with Crippen molar-refractivity contribution in [2.75, 3.05) is 0 Å². The van der Waals surface area contributed by atoms with E-state index in [1.54, 1.807) is 0 Å².